The summed E-state index contributed by atoms with van der Waals surface area (Å²) in [7, 11) is 3.37. The molecule has 1 aromatic heterocycles. The van der Waals surface area contributed by atoms with E-state index in [-0.39, 0.29) is 12.5 Å². The lowest BCUT2D eigenvalue weighted by atomic mass is 10.3. The highest BCUT2D eigenvalue weighted by molar-refractivity contribution is 5.77. The lowest BCUT2D eigenvalue weighted by molar-refractivity contribution is -0.130. The van der Waals surface area contributed by atoms with Crippen LogP contribution < -0.4 is 4.74 Å². The predicted octanol–water partition coefficient (Wildman–Crippen LogP) is 0.129. The topological polar surface area (TPSA) is 73.1 Å². The second-order valence-corrected chi connectivity index (χ2v) is 3.83. The van der Waals surface area contributed by atoms with Gasteiger partial charge in [0, 0.05) is 14.1 Å². The maximum absolute atomic E-state index is 11.3. The van der Waals surface area contributed by atoms with E-state index < -0.39 is 0 Å². The zero-order valence-electron chi connectivity index (χ0n) is 10.1. The molecule has 0 fully saturated rings. The Kier molecular flexibility index (Phi) is 3.52. The highest BCUT2D eigenvalue weighted by atomic mass is 16.5. The molecule has 2 aromatic rings. The molecule has 0 aliphatic carbocycles. The lowest BCUT2D eigenvalue weighted by Crippen LogP contribution is -2.27. The monoisotopic (exact) mass is 247 g/mol. The Morgan fingerprint density at radius 2 is 2.06 bits per heavy atom. The molecule has 18 heavy (non-hydrogen) atoms. The number of hydrogen-bond donors (Lipinski definition) is 0. The number of amides is 1. The van der Waals surface area contributed by atoms with Gasteiger partial charge >= 0.3 is 0 Å². The van der Waals surface area contributed by atoms with Crippen LogP contribution >= 0.6 is 0 Å². The minimum absolute atomic E-state index is 0.0250. The second kappa shape index (κ2) is 5.26. The molecule has 1 heterocycles. The molecule has 1 aromatic carbocycles. The summed E-state index contributed by atoms with van der Waals surface area (Å²) in [5.41, 5.74) is 0.825. The molecule has 0 unspecified atom stereocenters. The fraction of sp³-hybridized carbons (Fsp3) is 0.273. The van der Waals surface area contributed by atoms with E-state index in [1.54, 1.807) is 26.2 Å². The number of aromatic nitrogens is 4. The third-order valence-corrected chi connectivity index (χ3v) is 2.31. The van der Waals surface area contributed by atoms with Crippen molar-refractivity contribution in [3.05, 3.63) is 30.6 Å². The molecule has 0 radical (unpaired) electrons. The molecule has 0 aliphatic heterocycles. The van der Waals surface area contributed by atoms with Crippen molar-refractivity contribution in [3.63, 3.8) is 0 Å². The van der Waals surface area contributed by atoms with Crippen molar-refractivity contribution in [2.24, 2.45) is 0 Å². The molecule has 94 valence electrons. The first-order valence-corrected chi connectivity index (χ1v) is 5.33. The van der Waals surface area contributed by atoms with Gasteiger partial charge in [-0.2, -0.15) is 0 Å². The predicted molar refractivity (Wildman–Crippen MR) is 63.3 cm³/mol. The quantitative estimate of drug-likeness (QED) is 0.767. The van der Waals surface area contributed by atoms with Gasteiger partial charge in [0.1, 0.15) is 12.1 Å². The molecular weight excluding hydrogens is 234 g/mol. The first-order chi connectivity index (χ1) is 8.66. The van der Waals surface area contributed by atoms with Gasteiger partial charge in [0.05, 0.1) is 5.69 Å². The van der Waals surface area contributed by atoms with E-state index in [1.165, 1.54) is 15.9 Å². The summed E-state index contributed by atoms with van der Waals surface area (Å²) in [6, 6.07) is 7.15. The molecule has 7 nitrogen and oxygen atoms in total. The largest absolute Gasteiger partial charge is 0.484 e. The minimum atomic E-state index is -0.0837. The number of hydrogen-bond acceptors (Lipinski definition) is 5. The van der Waals surface area contributed by atoms with Crippen molar-refractivity contribution in [2.45, 2.75) is 0 Å². The smallest absolute Gasteiger partial charge is 0.259 e. The SMILES string of the molecule is CN(C)C(=O)COc1ccc(-n2cnnn2)cc1. The fourth-order valence-electron chi connectivity index (χ4n) is 1.25. The van der Waals surface area contributed by atoms with Gasteiger partial charge in [0.25, 0.3) is 5.91 Å². The Labute approximate surface area is 104 Å². The lowest BCUT2D eigenvalue weighted by Gasteiger charge is -2.11. The van der Waals surface area contributed by atoms with Crippen LogP contribution in [-0.4, -0.2) is 51.7 Å². The number of carbonyl (C=O) groups is 1. The molecule has 2 rings (SSSR count). The molecule has 0 saturated carbocycles. The maximum Gasteiger partial charge on any atom is 0.259 e. The van der Waals surface area contributed by atoms with E-state index in [9.17, 15) is 4.79 Å². The van der Waals surface area contributed by atoms with Gasteiger partial charge in [-0.25, -0.2) is 4.68 Å². The molecule has 7 heteroatoms. The van der Waals surface area contributed by atoms with Crippen LogP contribution in [0.15, 0.2) is 30.6 Å². The standard InChI is InChI=1S/C11H13N5O2/c1-15(2)11(17)7-18-10-5-3-9(4-6-10)16-8-12-13-14-16/h3-6,8H,7H2,1-2H3. The van der Waals surface area contributed by atoms with Crippen molar-refractivity contribution in [2.75, 3.05) is 20.7 Å². The average molecular weight is 247 g/mol. The van der Waals surface area contributed by atoms with E-state index in [0.29, 0.717) is 5.75 Å². The van der Waals surface area contributed by atoms with Crippen molar-refractivity contribution < 1.29 is 9.53 Å². The summed E-state index contributed by atoms with van der Waals surface area (Å²) in [4.78, 5) is 12.8. The van der Waals surface area contributed by atoms with Crippen LogP contribution in [-0.2, 0) is 4.79 Å². The maximum atomic E-state index is 11.3. The Morgan fingerprint density at radius 1 is 1.33 bits per heavy atom. The van der Waals surface area contributed by atoms with Crippen LogP contribution in [0.4, 0.5) is 0 Å². The second-order valence-electron chi connectivity index (χ2n) is 3.83. The Balaban J connectivity index is 1.98. The number of tetrazole rings is 1. The minimum Gasteiger partial charge on any atom is -0.484 e. The summed E-state index contributed by atoms with van der Waals surface area (Å²) in [5.74, 6) is 0.543. The zero-order chi connectivity index (χ0) is 13.0. The van der Waals surface area contributed by atoms with Crippen LogP contribution in [0.3, 0.4) is 0 Å². The number of rotatable bonds is 4. The molecule has 0 atom stereocenters. The van der Waals surface area contributed by atoms with Gasteiger partial charge in [0.2, 0.25) is 0 Å². The van der Waals surface area contributed by atoms with Crippen LogP contribution in [0.5, 0.6) is 5.75 Å². The van der Waals surface area contributed by atoms with Crippen LogP contribution in [0.2, 0.25) is 0 Å². The summed E-state index contributed by atoms with van der Waals surface area (Å²) in [6.45, 7) is 0.0250. The van der Waals surface area contributed by atoms with E-state index in [4.69, 9.17) is 4.74 Å². The van der Waals surface area contributed by atoms with Gasteiger partial charge in [-0.3, -0.25) is 4.79 Å². The van der Waals surface area contributed by atoms with Crippen LogP contribution in [0.1, 0.15) is 0 Å². The number of ether oxygens (including phenoxy) is 1. The summed E-state index contributed by atoms with van der Waals surface area (Å²) >= 11 is 0. The van der Waals surface area contributed by atoms with Gasteiger partial charge < -0.3 is 9.64 Å². The van der Waals surface area contributed by atoms with Crippen molar-refractivity contribution in [3.8, 4) is 11.4 Å². The normalized spacial score (nSPS) is 10.1. The van der Waals surface area contributed by atoms with Gasteiger partial charge in [-0.15, -0.1) is 5.10 Å². The molecular formula is C11H13N5O2. The van der Waals surface area contributed by atoms with Crippen molar-refractivity contribution in [1.29, 1.82) is 0 Å². The highest BCUT2D eigenvalue weighted by Crippen LogP contribution is 2.14. The number of nitrogens with zero attached hydrogens (tertiary/aromatic N) is 5. The van der Waals surface area contributed by atoms with Crippen LogP contribution in [0, 0.1) is 0 Å². The third-order valence-electron chi connectivity index (χ3n) is 2.31. The third kappa shape index (κ3) is 2.82. The molecule has 0 bridgehead atoms. The van der Waals surface area contributed by atoms with Crippen LogP contribution in [0.25, 0.3) is 5.69 Å². The molecule has 0 N–H and O–H groups in total. The fourth-order valence-corrected chi connectivity index (χ4v) is 1.25. The van der Waals surface area contributed by atoms with Gasteiger partial charge in [-0.1, -0.05) is 0 Å². The van der Waals surface area contributed by atoms with Gasteiger partial charge in [-0.05, 0) is 34.7 Å². The Morgan fingerprint density at radius 3 is 2.61 bits per heavy atom. The molecule has 0 saturated heterocycles. The Hall–Kier alpha value is -2.44. The summed E-state index contributed by atoms with van der Waals surface area (Å²) in [5, 5.41) is 10.9. The number of likely N-dealkylation sites (N-methyl/N-ethyl adjacent to an activating group) is 1. The summed E-state index contributed by atoms with van der Waals surface area (Å²) in [6.07, 6.45) is 1.51. The Bertz CT molecular complexity index is 507. The van der Waals surface area contributed by atoms with E-state index in [0.717, 1.165) is 5.69 Å². The van der Waals surface area contributed by atoms with Crippen molar-refractivity contribution >= 4 is 5.91 Å². The zero-order valence-corrected chi connectivity index (χ0v) is 10.1. The van der Waals surface area contributed by atoms with Gasteiger partial charge in [0.15, 0.2) is 6.61 Å². The molecule has 0 spiro atoms. The average Bonchev–Trinajstić information content (AvgIpc) is 2.90. The summed E-state index contributed by atoms with van der Waals surface area (Å²) < 4.78 is 6.89. The number of benzene rings is 1. The van der Waals surface area contributed by atoms with E-state index >= 15 is 0 Å². The first kappa shape index (κ1) is 12.0. The molecule has 0 aliphatic rings. The first-order valence-electron chi connectivity index (χ1n) is 5.33. The van der Waals surface area contributed by atoms with E-state index in [1.807, 2.05) is 12.1 Å². The molecule has 1 amide bonds. The number of carbonyl (C=O) groups excluding carboxylic acids is 1. The van der Waals surface area contributed by atoms with Crippen molar-refractivity contribution in [1.82, 2.24) is 25.1 Å². The van der Waals surface area contributed by atoms with E-state index in [2.05, 4.69) is 15.5 Å². The highest BCUT2D eigenvalue weighted by Gasteiger charge is 2.05.